The molecule has 5 heteroatoms. The highest BCUT2D eigenvalue weighted by Gasteiger charge is 2.14. The largest absolute Gasteiger partial charge is 0.486 e. The maximum Gasteiger partial charge on any atom is 0.257 e. The van der Waals surface area contributed by atoms with Crippen LogP contribution < -0.4 is 14.8 Å². The zero-order valence-electron chi connectivity index (χ0n) is 14.4. The maximum atomic E-state index is 12.6. The van der Waals surface area contributed by atoms with E-state index in [2.05, 4.69) is 10.3 Å². The molecule has 26 heavy (non-hydrogen) atoms. The molecule has 1 amide bonds. The van der Waals surface area contributed by atoms with Gasteiger partial charge in [0.25, 0.3) is 5.91 Å². The van der Waals surface area contributed by atoms with Gasteiger partial charge in [-0.1, -0.05) is 29.8 Å². The molecule has 0 fully saturated rings. The summed E-state index contributed by atoms with van der Waals surface area (Å²) in [6, 6.07) is 15.3. The fraction of sp³-hybridized carbons (Fsp3) is 0.143. The number of carbonyl (C=O) groups excluding carboxylic acids is 1. The Labute approximate surface area is 151 Å². The van der Waals surface area contributed by atoms with E-state index in [0.29, 0.717) is 36.0 Å². The number of amides is 1. The minimum Gasteiger partial charge on any atom is -0.486 e. The lowest BCUT2D eigenvalue weighted by molar-refractivity contribution is 0.102. The third-order valence-electron chi connectivity index (χ3n) is 4.19. The molecule has 1 N–H and O–H groups in total. The molecule has 5 nitrogen and oxygen atoms in total. The van der Waals surface area contributed by atoms with Crippen LogP contribution >= 0.6 is 0 Å². The Morgan fingerprint density at radius 3 is 2.50 bits per heavy atom. The molecule has 1 aliphatic rings. The van der Waals surface area contributed by atoms with E-state index in [4.69, 9.17) is 9.47 Å². The molecule has 0 saturated carbocycles. The Morgan fingerprint density at radius 2 is 1.69 bits per heavy atom. The number of anilines is 1. The number of fused-ring (bicyclic) bond motifs is 1. The molecule has 0 bridgehead atoms. The van der Waals surface area contributed by atoms with Crippen LogP contribution in [0, 0.1) is 6.92 Å². The number of pyridine rings is 1. The van der Waals surface area contributed by atoms with Crippen molar-refractivity contribution in [3.63, 3.8) is 0 Å². The molecule has 0 unspecified atom stereocenters. The van der Waals surface area contributed by atoms with Crippen molar-refractivity contribution in [3.05, 3.63) is 72.1 Å². The van der Waals surface area contributed by atoms with Crippen LogP contribution in [0.15, 0.2) is 60.9 Å². The molecule has 2 heterocycles. The fourth-order valence-corrected chi connectivity index (χ4v) is 2.79. The van der Waals surface area contributed by atoms with Crippen LogP contribution in [0.2, 0.25) is 0 Å². The van der Waals surface area contributed by atoms with Crippen molar-refractivity contribution >= 4 is 11.6 Å². The van der Waals surface area contributed by atoms with E-state index in [9.17, 15) is 4.79 Å². The van der Waals surface area contributed by atoms with Crippen molar-refractivity contribution in [2.24, 2.45) is 0 Å². The summed E-state index contributed by atoms with van der Waals surface area (Å²) >= 11 is 0. The zero-order chi connectivity index (χ0) is 17.9. The van der Waals surface area contributed by atoms with Crippen LogP contribution in [0.3, 0.4) is 0 Å². The van der Waals surface area contributed by atoms with Crippen molar-refractivity contribution in [1.82, 2.24) is 4.98 Å². The highest BCUT2D eigenvalue weighted by Crippen LogP contribution is 2.32. The number of hydrogen-bond acceptors (Lipinski definition) is 4. The first kappa shape index (κ1) is 16.1. The predicted molar refractivity (Wildman–Crippen MR) is 99.8 cm³/mol. The number of hydrogen-bond donors (Lipinski definition) is 1. The summed E-state index contributed by atoms with van der Waals surface area (Å²) < 4.78 is 11.0. The van der Waals surface area contributed by atoms with Gasteiger partial charge in [-0.3, -0.25) is 9.78 Å². The van der Waals surface area contributed by atoms with E-state index >= 15 is 0 Å². The van der Waals surface area contributed by atoms with Crippen molar-refractivity contribution in [2.45, 2.75) is 6.92 Å². The number of rotatable bonds is 3. The van der Waals surface area contributed by atoms with Crippen molar-refractivity contribution < 1.29 is 14.3 Å². The van der Waals surface area contributed by atoms with Gasteiger partial charge in [-0.15, -0.1) is 0 Å². The van der Waals surface area contributed by atoms with E-state index < -0.39 is 0 Å². The summed E-state index contributed by atoms with van der Waals surface area (Å²) in [5.41, 5.74) is 4.27. The van der Waals surface area contributed by atoms with Gasteiger partial charge in [0.2, 0.25) is 0 Å². The lowest BCUT2D eigenvalue weighted by Crippen LogP contribution is -2.16. The third kappa shape index (κ3) is 3.37. The Bertz CT molecular complexity index is 952. The second kappa shape index (κ2) is 6.88. The van der Waals surface area contributed by atoms with Gasteiger partial charge < -0.3 is 14.8 Å². The number of aromatic nitrogens is 1. The van der Waals surface area contributed by atoms with E-state index in [-0.39, 0.29) is 5.91 Å². The number of ether oxygens (including phenoxy) is 2. The first-order valence-corrected chi connectivity index (χ1v) is 8.42. The second-order valence-electron chi connectivity index (χ2n) is 6.14. The fourth-order valence-electron chi connectivity index (χ4n) is 2.79. The van der Waals surface area contributed by atoms with Gasteiger partial charge in [0, 0.05) is 29.7 Å². The molecule has 3 aromatic rings. The molecule has 0 saturated heterocycles. The van der Waals surface area contributed by atoms with Gasteiger partial charge in [0.05, 0.1) is 5.56 Å². The number of benzene rings is 2. The first-order chi connectivity index (χ1) is 12.7. The summed E-state index contributed by atoms with van der Waals surface area (Å²) in [6.07, 6.45) is 3.32. The molecule has 4 rings (SSSR count). The van der Waals surface area contributed by atoms with Gasteiger partial charge in [-0.25, -0.2) is 0 Å². The average Bonchev–Trinajstić information content (AvgIpc) is 2.68. The standard InChI is InChI=1S/C21H18N2O3/c1-14-2-4-15(5-3-14)16-10-17(13-22-12-16)21(24)23-18-6-7-19-20(11-18)26-9-8-25-19/h2-7,10-13H,8-9H2,1H3,(H,23,24). The summed E-state index contributed by atoms with van der Waals surface area (Å²) in [5, 5.41) is 2.88. The first-order valence-electron chi connectivity index (χ1n) is 8.42. The minimum atomic E-state index is -0.219. The normalized spacial score (nSPS) is 12.5. The zero-order valence-corrected chi connectivity index (χ0v) is 14.4. The molecular weight excluding hydrogens is 328 g/mol. The highest BCUT2D eigenvalue weighted by atomic mass is 16.6. The minimum absolute atomic E-state index is 0.219. The average molecular weight is 346 g/mol. The van der Waals surface area contributed by atoms with Crippen LogP contribution in [0.1, 0.15) is 15.9 Å². The summed E-state index contributed by atoms with van der Waals surface area (Å²) in [6.45, 7) is 3.09. The van der Waals surface area contributed by atoms with Gasteiger partial charge in [-0.05, 0) is 30.7 Å². The molecule has 0 aliphatic carbocycles. The van der Waals surface area contributed by atoms with Crippen molar-refractivity contribution in [1.29, 1.82) is 0 Å². The summed E-state index contributed by atoms with van der Waals surface area (Å²) in [4.78, 5) is 16.8. The molecule has 0 radical (unpaired) electrons. The molecule has 1 aliphatic heterocycles. The SMILES string of the molecule is Cc1ccc(-c2cncc(C(=O)Nc3ccc4c(c3)OCCO4)c2)cc1. The second-order valence-corrected chi connectivity index (χ2v) is 6.14. The third-order valence-corrected chi connectivity index (χ3v) is 4.19. The van der Waals surface area contributed by atoms with E-state index in [0.717, 1.165) is 11.1 Å². The Kier molecular flexibility index (Phi) is 4.27. The summed E-state index contributed by atoms with van der Waals surface area (Å²) in [5.74, 6) is 1.11. The topological polar surface area (TPSA) is 60.5 Å². The van der Waals surface area contributed by atoms with Gasteiger partial charge >= 0.3 is 0 Å². The predicted octanol–water partition coefficient (Wildman–Crippen LogP) is 4.08. The number of carbonyl (C=O) groups is 1. The van der Waals surface area contributed by atoms with E-state index in [1.165, 1.54) is 5.56 Å². The molecule has 1 aromatic heterocycles. The van der Waals surface area contributed by atoms with E-state index in [1.807, 2.05) is 37.3 Å². The molecule has 0 spiro atoms. The highest BCUT2D eigenvalue weighted by molar-refractivity contribution is 6.04. The van der Waals surface area contributed by atoms with Crippen LogP contribution in [0.5, 0.6) is 11.5 Å². The lowest BCUT2D eigenvalue weighted by atomic mass is 10.0. The Morgan fingerprint density at radius 1 is 0.923 bits per heavy atom. The van der Waals surface area contributed by atoms with Crippen LogP contribution in [0.4, 0.5) is 5.69 Å². The number of nitrogens with one attached hydrogen (secondary N) is 1. The summed E-state index contributed by atoms with van der Waals surface area (Å²) in [7, 11) is 0. The Hall–Kier alpha value is -3.34. The van der Waals surface area contributed by atoms with Gasteiger partial charge in [-0.2, -0.15) is 0 Å². The quantitative estimate of drug-likeness (QED) is 0.776. The Balaban J connectivity index is 1.55. The van der Waals surface area contributed by atoms with Crippen LogP contribution in [-0.2, 0) is 0 Å². The molecular formula is C21H18N2O3. The van der Waals surface area contributed by atoms with Crippen molar-refractivity contribution in [3.8, 4) is 22.6 Å². The van der Waals surface area contributed by atoms with Crippen molar-refractivity contribution in [2.75, 3.05) is 18.5 Å². The van der Waals surface area contributed by atoms with Crippen LogP contribution in [-0.4, -0.2) is 24.1 Å². The number of nitrogens with zero attached hydrogens (tertiary/aromatic N) is 1. The van der Waals surface area contributed by atoms with E-state index in [1.54, 1.807) is 30.6 Å². The smallest absolute Gasteiger partial charge is 0.257 e. The van der Waals surface area contributed by atoms with Gasteiger partial charge in [0.1, 0.15) is 13.2 Å². The molecule has 2 aromatic carbocycles. The molecule has 0 atom stereocenters. The van der Waals surface area contributed by atoms with Gasteiger partial charge in [0.15, 0.2) is 11.5 Å². The monoisotopic (exact) mass is 346 g/mol. The number of aryl methyl sites for hydroxylation is 1. The maximum absolute atomic E-state index is 12.6. The van der Waals surface area contributed by atoms with Crippen LogP contribution in [0.25, 0.3) is 11.1 Å². The lowest BCUT2D eigenvalue weighted by Gasteiger charge is -2.19. The molecule has 130 valence electrons.